The van der Waals surface area contributed by atoms with Gasteiger partial charge in [0.05, 0.1) is 11.9 Å². The van der Waals surface area contributed by atoms with Crippen LogP contribution in [-0.4, -0.2) is 16.9 Å². The molecule has 0 bridgehead atoms. The van der Waals surface area contributed by atoms with Gasteiger partial charge in [-0.1, -0.05) is 29.8 Å². The minimum absolute atomic E-state index is 0.238. The molecule has 0 unspecified atom stereocenters. The van der Waals surface area contributed by atoms with Gasteiger partial charge in [-0.2, -0.15) is 16.4 Å². The average Bonchev–Trinajstić information content (AvgIpc) is 3.15. The molecular formula is C18H19N3S2. The van der Waals surface area contributed by atoms with Crippen LogP contribution >= 0.6 is 22.7 Å². The van der Waals surface area contributed by atoms with Crippen molar-refractivity contribution < 1.29 is 0 Å². The first-order chi connectivity index (χ1) is 11.1. The molecule has 0 aliphatic heterocycles. The van der Waals surface area contributed by atoms with Crippen LogP contribution in [0.2, 0.25) is 0 Å². The van der Waals surface area contributed by atoms with E-state index in [0.29, 0.717) is 0 Å². The molecule has 0 saturated carbocycles. The third kappa shape index (κ3) is 3.86. The van der Waals surface area contributed by atoms with Gasteiger partial charge in [0.25, 0.3) is 0 Å². The molecule has 0 aliphatic carbocycles. The molecule has 3 aromatic rings. The number of hydrogen-bond donors (Lipinski definition) is 0. The van der Waals surface area contributed by atoms with Crippen LogP contribution in [0.25, 0.3) is 11.3 Å². The van der Waals surface area contributed by atoms with Gasteiger partial charge in [0, 0.05) is 22.5 Å². The monoisotopic (exact) mass is 341 g/mol. The minimum Gasteiger partial charge on any atom is -0.255 e. The van der Waals surface area contributed by atoms with Crippen LogP contribution in [0.1, 0.15) is 25.0 Å². The van der Waals surface area contributed by atoms with Crippen LogP contribution in [0, 0.1) is 6.92 Å². The normalized spacial score (nSPS) is 12.6. The maximum atomic E-state index is 4.69. The van der Waals surface area contributed by atoms with Gasteiger partial charge in [0.2, 0.25) is 4.80 Å². The van der Waals surface area contributed by atoms with Crippen molar-refractivity contribution in [2.75, 3.05) is 0 Å². The number of aryl methyl sites for hydroxylation is 1. The van der Waals surface area contributed by atoms with E-state index in [0.717, 1.165) is 21.6 Å². The van der Waals surface area contributed by atoms with Crippen molar-refractivity contribution in [1.29, 1.82) is 0 Å². The molecule has 1 aromatic carbocycles. The molecular weight excluding hydrogens is 322 g/mol. The van der Waals surface area contributed by atoms with E-state index in [9.17, 15) is 0 Å². The van der Waals surface area contributed by atoms with E-state index in [-0.39, 0.29) is 6.04 Å². The van der Waals surface area contributed by atoms with Crippen molar-refractivity contribution in [3.05, 3.63) is 62.4 Å². The summed E-state index contributed by atoms with van der Waals surface area (Å²) in [6.07, 6.45) is 1.89. The molecule has 2 aromatic heterocycles. The number of rotatable bonds is 4. The van der Waals surface area contributed by atoms with Gasteiger partial charge in [0.15, 0.2) is 0 Å². The van der Waals surface area contributed by atoms with E-state index in [1.807, 2.05) is 10.9 Å². The van der Waals surface area contributed by atoms with Crippen LogP contribution in [0.4, 0.5) is 0 Å². The lowest BCUT2D eigenvalue weighted by Gasteiger charge is -2.04. The summed E-state index contributed by atoms with van der Waals surface area (Å²) < 4.78 is 1.94. The lowest BCUT2D eigenvalue weighted by Crippen LogP contribution is -2.14. The molecule has 0 N–H and O–H groups in total. The Balaban J connectivity index is 2.09. The summed E-state index contributed by atoms with van der Waals surface area (Å²) in [6, 6.07) is 10.8. The van der Waals surface area contributed by atoms with Crippen molar-refractivity contribution in [1.82, 2.24) is 4.68 Å². The summed E-state index contributed by atoms with van der Waals surface area (Å²) in [5.41, 5.74) is 4.59. The Morgan fingerprint density at radius 3 is 2.52 bits per heavy atom. The number of hydrogen-bond acceptors (Lipinski definition) is 4. The van der Waals surface area contributed by atoms with Gasteiger partial charge in [-0.3, -0.25) is 4.99 Å². The second-order valence-corrected chi connectivity index (χ2v) is 7.22. The number of thiazole rings is 1. The van der Waals surface area contributed by atoms with Crippen molar-refractivity contribution in [3.8, 4) is 11.3 Å². The summed E-state index contributed by atoms with van der Waals surface area (Å²) in [5, 5.41) is 10.9. The first-order valence-corrected chi connectivity index (χ1v) is 9.34. The number of aromatic nitrogens is 1. The van der Waals surface area contributed by atoms with Crippen molar-refractivity contribution in [2.45, 2.75) is 26.8 Å². The second kappa shape index (κ2) is 7.06. The van der Waals surface area contributed by atoms with Crippen LogP contribution in [0.15, 0.2) is 56.6 Å². The number of thiophene rings is 1. The van der Waals surface area contributed by atoms with E-state index < -0.39 is 0 Å². The molecule has 0 fully saturated rings. The van der Waals surface area contributed by atoms with Gasteiger partial charge >= 0.3 is 0 Å². The summed E-state index contributed by atoms with van der Waals surface area (Å²) >= 11 is 3.30. The Bertz CT molecular complexity index is 851. The van der Waals surface area contributed by atoms with E-state index in [1.165, 1.54) is 5.56 Å². The fourth-order valence-electron chi connectivity index (χ4n) is 2.12. The smallest absolute Gasteiger partial charge is 0.206 e. The highest BCUT2D eigenvalue weighted by Gasteiger charge is 2.07. The highest BCUT2D eigenvalue weighted by Crippen LogP contribution is 2.20. The number of benzene rings is 1. The summed E-state index contributed by atoms with van der Waals surface area (Å²) in [4.78, 5) is 5.61. The standard InChI is InChI=1S/C18H19N3S2/c1-13(2)20-18-21(19-10-15-8-9-22-11-15)17(12-23-18)16-6-4-14(3)5-7-16/h4-13H,1-3H3. The van der Waals surface area contributed by atoms with E-state index in [4.69, 9.17) is 4.99 Å². The van der Waals surface area contributed by atoms with E-state index >= 15 is 0 Å². The molecule has 0 atom stereocenters. The predicted octanol–water partition coefficient (Wildman–Crippen LogP) is 4.78. The van der Waals surface area contributed by atoms with Crippen LogP contribution in [-0.2, 0) is 0 Å². The second-order valence-electron chi connectivity index (χ2n) is 5.61. The maximum absolute atomic E-state index is 4.69. The Labute approximate surface area is 144 Å². The first kappa shape index (κ1) is 15.9. The molecule has 2 heterocycles. The Morgan fingerprint density at radius 2 is 1.87 bits per heavy atom. The molecule has 0 spiro atoms. The summed E-state index contributed by atoms with van der Waals surface area (Å²) in [5.74, 6) is 0. The minimum atomic E-state index is 0.238. The van der Waals surface area contributed by atoms with E-state index in [1.54, 1.807) is 22.7 Å². The molecule has 118 valence electrons. The van der Waals surface area contributed by atoms with Crippen LogP contribution in [0.5, 0.6) is 0 Å². The zero-order valence-electron chi connectivity index (χ0n) is 13.4. The lowest BCUT2D eigenvalue weighted by atomic mass is 10.1. The quantitative estimate of drug-likeness (QED) is 0.612. The molecule has 0 aliphatic rings. The van der Waals surface area contributed by atoms with Crippen molar-refractivity contribution in [2.24, 2.45) is 10.1 Å². The van der Waals surface area contributed by atoms with Gasteiger partial charge < -0.3 is 0 Å². The van der Waals surface area contributed by atoms with Crippen molar-refractivity contribution in [3.63, 3.8) is 0 Å². The molecule has 0 saturated heterocycles. The molecule has 0 radical (unpaired) electrons. The summed E-state index contributed by atoms with van der Waals surface area (Å²) in [6.45, 7) is 6.26. The SMILES string of the molecule is Cc1ccc(-c2csc(=NC(C)C)n2N=Cc2ccsc2)cc1. The maximum Gasteiger partial charge on any atom is 0.206 e. The van der Waals surface area contributed by atoms with Gasteiger partial charge in [0.1, 0.15) is 0 Å². The topological polar surface area (TPSA) is 29.6 Å². The van der Waals surface area contributed by atoms with Gasteiger partial charge in [-0.25, -0.2) is 4.68 Å². The summed E-state index contributed by atoms with van der Waals surface area (Å²) in [7, 11) is 0. The predicted molar refractivity (Wildman–Crippen MR) is 100 cm³/mol. The molecule has 3 rings (SSSR count). The lowest BCUT2D eigenvalue weighted by molar-refractivity contribution is 0.755. The third-order valence-corrected chi connectivity index (χ3v) is 4.80. The van der Waals surface area contributed by atoms with Crippen molar-refractivity contribution >= 4 is 28.9 Å². The Kier molecular flexibility index (Phi) is 4.88. The molecule has 23 heavy (non-hydrogen) atoms. The highest BCUT2D eigenvalue weighted by molar-refractivity contribution is 7.08. The van der Waals surface area contributed by atoms with Crippen LogP contribution < -0.4 is 4.80 Å². The Hall–Kier alpha value is -1.98. The zero-order valence-corrected chi connectivity index (χ0v) is 15.1. The molecule has 3 nitrogen and oxygen atoms in total. The third-order valence-electron chi connectivity index (χ3n) is 3.27. The number of nitrogens with zero attached hydrogens (tertiary/aromatic N) is 3. The van der Waals surface area contributed by atoms with Gasteiger partial charge in [-0.15, -0.1) is 11.3 Å². The average molecular weight is 342 g/mol. The fourth-order valence-corrected chi connectivity index (χ4v) is 3.70. The van der Waals surface area contributed by atoms with Gasteiger partial charge in [-0.05, 0) is 37.6 Å². The first-order valence-electron chi connectivity index (χ1n) is 7.51. The fraction of sp³-hybridized carbons (Fsp3) is 0.222. The Morgan fingerprint density at radius 1 is 1.09 bits per heavy atom. The zero-order chi connectivity index (χ0) is 16.2. The molecule has 0 amide bonds. The molecule has 5 heteroatoms. The highest BCUT2D eigenvalue weighted by atomic mass is 32.1. The van der Waals surface area contributed by atoms with Crippen LogP contribution in [0.3, 0.4) is 0 Å². The largest absolute Gasteiger partial charge is 0.255 e. The van der Waals surface area contributed by atoms with E-state index in [2.05, 4.69) is 72.3 Å².